The lowest BCUT2D eigenvalue weighted by atomic mass is 10.1. The molecule has 1 aromatic rings. The summed E-state index contributed by atoms with van der Waals surface area (Å²) in [6.45, 7) is 1.75. The monoisotopic (exact) mass is 282 g/mol. The highest BCUT2D eigenvalue weighted by molar-refractivity contribution is 8.00. The largest absolute Gasteiger partial charge is 0.348 e. The number of nitrogens with one attached hydrogen (secondary N) is 1. The van der Waals surface area contributed by atoms with E-state index in [1.807, 2.05) is 0 Å². The predicted octanol–water partition coefficient (Wildman–Crippen LogP) is 1.54. The maximum atomic E-state index is 13.5. The minimum atomic E-state index is -0.418. The van der Waals surface area contributed by atoms with E-state index in [0.717, 1.165) is 0 Å². The molecular weight excluding hydrogens is 267 g/mol. The third-order valence-corrected chi connectivity index (χ3v) is 3.85. The van der Waals surface area contributed by atoms with Gasteiger partial charge < -0.3 is 10.2 Å². The zero-order valence-corrected chi connectivity index (χ0v) is 11.4. The first-order valence-corrected chi connectivity index (χ1v) is 7.12. The molecule has 1 fully saturated rings. The van der Waals surface area contributed by atoms with Gasteiger partial charge in [-0.15, -0.1) is 11.8 Å². The second kappa shape index (κ2) is 6.06. The first kappa shape index (κ1) is 13.9. The van der Waals surface area contributed by atoms with E-state index in [0.29, 0.717) is 17.2 Å². The van der Waals surface area contributed by atoms with Crippen molar-refractivity contribution in [3.05, 3.63) is 35.6 Å². The fourth-order valence-corrected chi connectivity index (χ4v) is 2.81. The minimum absolute atomic E-state index is 0.0290. The van der Waals surface area contributed by atoms with Crippen molar-refractivity contribution >= 4 is 23.6 Å². The summed E-state index contributed by atoms with van der Waals surface area (Å²) in [5.41, 5.74) is 0.443. The highest BCUT2D eigenvalue weighted by atomic mass is 32.2. The van der Waals surface area contributed by atoms with Crippen molar-refractivity contribution in [3.8, 4) is 0 Å². The molecule has 1 heterocycles. The molecular formula is C13H15FN2O2S. The van der Waals surface area contributed by atoms with Crippen molar-refractivity contribution in [1.82, 2.24) is 10.2 Å². The topological polar surface area (TPSA) is 49.4 Å². The van der Waals surface area contributed by atoms with Gasteiger partial charge in [0.1, 0.15) is 12.4 Å². The number of amides is 2. The number of halogens is 1. The van der Waals surface area contributed by atoms with Crippen LogP contribution in [0.5, 0.6) is 0 Å². The smallest absolute Gasteiger partial charge is 0.240 e. The zero-order valence-electron chi connectivity index (χ0n) is 10.6. The van der Waals surface area contributed by atoms with E-state index in [1.54, 1.807) is 25.1 Å². The Hall–Kier alpha value is -1.56. The molecule has 6 heteroatoms. The molecule has 0 radical (unpaired) electrons. The maximum absolute atomic E-state index is 13.5. The van der Waals surface area contributed by atoms with Crippen LogP contribution in [0.4, 0.5) is 4.39 Å². The van der Waals surface area contributed by atoms with Gasteiger partial charge in [-0.25, -0.2) is 4.39 Å². The van der Waals surface area contributed by atoms with Crippen molar-refractivity contribution in [2.75, 3.05) is 18.2 Å². The Kier molecular flexibility index (Phi) is 4.42. The number of carbonyl (C=O) groups is 2. The Morgan fingerprint density at radius 3 is 2.89 bits per heavy atom. The van der Waals surface area contributed by atoms with E-state index in [1.165, 1.54) is 22.7 Å². The SMILES string of the molecule is CC(NC(=O)CN1CSCC1=O)c1ccccc1F. The summed E-state index contributed by atoms with van der Waals surface area (Å²) in [6.07, 6.45) is 0. The Morgan fingerprint density at radius 1 is 1.53 bits per heavy atom. The summed E-state index contributed by atoms with van der Waals surface area (Å²) in [5.74, 6) is 0.324. The summed E-state index contributed by atoms with van der Waals surface area (Å²) in [4.78, 5) is 24.7. The molecule has 0 saturated carbocycles. The molecule has 1 atom stereocenters. The van der Waals surface area contributed by atoms with Gasteiger partial charge in [-0.05, 0) is 13.0 Å². The van der Waals surface area contributed by atoms with Crippen LogP contribution in [-0.2, 0) is 9.59 Å². The van der Waals surface area contributed by atoms with Crippen molar-refractivity contribution in [2.24, 2.45) is 0 Å². The predicted molar refractivity (Wildman–Crippen MR) is 72.0 cm³/mol. The molecule has 0 aromatic heterocycles. The van der Waals surface area contributed by atoms with Crippen LogP contribution < -0.4 is 5.32 Å². The molecule has 2 rings (SSSR count). The Labute approximate surface area is 115 Å². The Morgan fingerprint density at radius 2 is 2.26 bits per heavy atom. The number of hydrogen-bond acceptors (Lipinski definition) is 3. The molecule has 0 bridgehead atoms. The van der Waals surface area contributed by atoms with Gasteiger partial charge in [-0.2, -0.15) is 0 Å². The second-order valence-corrected chi connectivity index (χ2v) is 5.34. The number of rotatable bonds is 4. The summed E-state index contributed by atoms with van der Waals surface area (Å²) in [5, 5.41) is 2.70. The molecule has 1 aromatic carbocycles. The van der Waals surface area contributed by atoms with Gasteiger partial charge >= 0.3 is 0 Å². The van der Waals surface area contributed by atoms with E-state index in [2.05, 4.69) is 5.32 Å². The number of carbonyl (C=O) groups excluding carboxylic acids is 2. The standard InChI is InChI=1S/C13H15FN2O2S/c1-9(10-4-2-3-5-11(10)14)15-12(17)6-16-8-19-7-13(16)18/h2-5,9H,6-8H2,1H3,(H,15,17). The molecule has 1 aliphatic heterocycles. The molecule has 4 nitrogen and oxygen atoms in total. The zero-order chi connectivity index (χ0) is 13.8. The van der Waals surface area contributed by atoms with E-state index in [4.69, 9.17) is 0 Å². The lowest BCUT2D eigenvalue weighted by Gasteiger charge is -2.18. The number of benzene rings is 1. The number of nitrogens with zero attached hydrogens (tertiary/aromatic N) is 1. The Balaban J connectivity index is 1.92. The normalized spacial score (nSPS) is 16.5. The molecule has 0 aliphatic carbocycles. The fraction of sp³-hybridized carbons (Fsp3) is 0.385. The summed E-state index contributed by atoms with van der Waals surface area (Å²) < 4.78 is 13.5. The molecule has 1 aliphatic rings. The quantitative estimate of drug-likeness (QED) is 0.911. The number of thioether (sulfide) groups is 1. The van der Waals surface area contributed by atoms with Crippen molar-refractivity contribution in [3.63, 3.8) is 0 Å². The van der Waals surface area contributed by atoms with Gasteiger partial charge in [-0.1, -0.05) is 18.2 Å². The van der Waals surface area contributed by atoms with Crippen LogP contribution in [0.2, 0.25) is 0 Å². The Bertz CT molecular complexity index is 495. The second-order valence-electron chi connectivity index (χ2n) is 4.38. The highest BCUT2D eigenvalue weighted by Gasteiger charge is 2.23. The van der Waals surface area contributed by atoms with E-state index in [-0.39, 0.29) is 24.2 Å². The molecule has 1 saturated heterocycles. The summed E-state index contributed by atoms with van der Waals surface area (Å²) >= 11 is 1.49. The average Bonchev–Trinajstić information content (AvgIpc) is 2.75. The van der Waals surface area contributed by atoms with E-state index in [9.17, 15) is 14.0 Å². The van der Waals surface area contributed by atoms with Crippen molar-refractivity contribution in [1.29, 1.82) is 0 Å². The lowest BCUT2D eigenvalue weighted by molar-refractivity contribution is -0.132. The van der Waals surface area contributed by atoms with Crippen molar-refractivity contribution < 1.29 is 14.0 Å². The van der Waals surface area contributed by atoms with Gasteiger partial charge in [0.2, 0.25) is 11.8 Å². The molecule has 1 N–H and O–H groups in total. The van der Waals surface area contributed by atoms with Crippen LogP contribution in [-0.4, -0.2) is 34.9 Å². The summed E-state index contributed by atoms with van der Waals surface area (Å²) in [7, 11) is 0. The van der Waals surface area contributed by atoms with Gasteiger partial charge in [0.05, 0.1) is 17.7 Å². The first-order chi connectivity index (χ1) is 9.08. The van der Waals surface area contributed by atoms with E-state index >= 15 is 0 Å². The van der Waals surface area contributed by atoms with Gasteiger partial charge in [0.25, 0.3) is 0 Å². The van der Waals surface area contributed by atoms with Crippen LogP contribution >= 0.6 is 11.8 Å². The van der Waals surface area contributed by atoms with Gasteiger partial charge in [0.15, 0.2) is 0 Å². The minimum Gasteiger partial charge on any atom is -0.348 e. The third kappa shape index (κ3) is 3.47. The molecule has 102 valence electrons. The highest BCUT2D eigenvalue weighted by Crippen LogP contribution is 2.17. The summed E-state index contributed by atoms with van der Waals surface area (Å²) in [6, 6.07) is 5.91. The molecule has 2 amide bonds. The van der Waals surface area contributed by atoms with Gasteiger partial charge in [-0.3, -0.25) is 9.59 Å². The van der Waals surface area contributed by atoms with Crippen LogP contribution in [0.25, 0.3) is 0 Å². The first-order valence-electron chi connectivity index (χ1n) is 5.97. The third-order valence-electron chi connectivity index (χ3n) is 2.91. The van der Waals surface area contributed by atoms with Crippen LogP contribution in [0, 0.1) is 5.82 Å². The van der Waals surface area contributed by atoms with Crippen molar-refractivity contribution in [2.45, 2.75) is 13.0 Å². The molecule has 19 heavy (non-hydrogen) atoms. The maximum Gasteiger partial charge on any atom is 0.240 e. The van der Waals surface area contributed by atoms with Crippen LogP contribution in [0.3, 0.4) is 0 Å². The van der Waals surface area contributed by atoms with Gasteiger partial charge in [0, 0.05) is 5.56 Å². The van der Waals surface area contributed by atoms with E-state index < -0.39 is 6.04 Å². The fourth-order valence-electron chi connectivity index (χ4n) is 1.90. The molecule has 0 spiro atoms. The lowest BCUT2D eigenvalue weighted by Crippen LogP contribution is -2.39. The van der Waals surface area contributed by atoms with Crippen LogP contribution in [0.15, 0.2) is 24.3 Å². The molecule has 1 unspecified atom stereocenters. The average molecular weight is 282 g/mol. The number of hydrogen-bond donors (Lipinski definition) is 1. The van der Waals surface area contributed by atoms with Crippen LogP contribution in [0.1, 0.15) is 18.5 Å².